The fourth-order valence-electron chi connectivity index (χ4n) is 5.39. The number of nitrogens with zero attached hydrogens (tertiary/aromatic N) is 2. The van der Waals surface area contributed by atoms with E-state index in [1.165, 1.54) is 7.11 Å². The number of carbonyl (C=O) groups is 3. The highest BCUT2D eigenvalue weighted by Gasteiger charge is 2.42. The number of hydrogen-bond donors (Lipinski definition) is 2. The quantitative estimate of drug-likeness (QED) is 0.513. The molecule has 0 aromatic rings. The maximum absolute atomic E-state index is 13.3. The molecule has 3 amide bonds. The normalized spacial score (nSPS) is 28.0. The van der Waals surface area contributed by atoms with Crippen molar-refractivity contribution in [2.75, 3.05) is 39.9 Å². The van der Waals surface area contributed by atoms with Gasteiger partial charge in [0.05, 0.1) is 0 Å². The third-order valence-corrected chi connectivity index (χ3v) is 7.54. The number of ether oxygens (including phenoxy) is 1. The van der Waals surface area contributed by atoms with Crippen molar-refractivity contribution in [1.29, 1.82) is 0 Å². The molecule has 33 heavy (non-hydrogen) atoms. The van der Waals surface area contributed by atoms with Crippen LogP contribution in [-0.2, 0) is 19.1 Å². The Bertz CT molecular complexity index is 673. The third kappa shape index (κ3) is 7.15. The molecule has 1 unspecified atom stereocenters. The van der Waals surface area contributed by atoms with Crippen molar-refractivity contribution in [2.24, 2.45) is 29.4 Å². The van der Waals surface area contributed by atoms with Crippen LogP contribution < -0.4 is 11.1 Å². The van der Waals surface area contributed by atoms with Gasteiger partial charge in [-0.25, -0.2) is 0 Å². The van der Waals surface area contributed by atoms with Gasteiger partial charge in [0.15, 0.2) is 0 Å². The number of piperidine rings is 1. The Hall–Kier alpha value is -1.67. The van der Waals surface area contributed by atoms with E-state index in [0.717, 1.165) is 45.1 Å². The first-order valence-corrected chi connectivity index (χ1v) is 12.9. The predicted octanol–water partition coefficient (Wildman–Crippen LogP) is 1.77. The summed E-state index contributed by atoms with van der Waals surface area (Å²) < 4.78 is 5.07. The lowest BCUT2D eigenvalue weighted by Crippen LogP contribution is -2.59. The molecule has 2 saturated carbocycles. The smallest absolute Gasteiger partial charge is 0.249 e. The van der Waals surface area contributed by atoms with Crippen molar-refractivity contribution in [3.05, 3.63) is 0 Å². The van der Waals surface area contributed by atoms with E-state index in [0.29, 0.717) is 50.2 Å². The monoisotopic (exact) mass is 464 g/mol. The van der Waals surface area contributed by atoms with Crippen molar-refractivity contribution in [2.45, 2.75) is 77.3 Å². The standard InChI is InChI=1S/C25H44N4O4/c1-17(2)15-29(25(32)20-8-9-20)21-10-11-28(23(30)16-33-3)22(12-21)24(31)27-14-19-6-4-18(13-26)5-7-19/h17-22H,4-16,26H2,1-3H3,(H,27,31)/t18?,19?,21?,22-/m1/s1. The third-order valence-electron chi connectivity index (χ3n) is 7.54. The first-order valence-electron chi connectivity index (χ1n) is 12.9. The van der Waals surface area contributed by atoms with E-state index in [2.05, 4.69) is 19.2 Å². The van der Waals surface area contributed by atoms with Gasteiger partial charge >= 0.3 is 0 Å². The maximum atomic E-state index is 13.3. The summed E-state index contributed by atoms with van der Waals surface area (Å²) in [7, 11) is 1.50. The molecule has 3 N–H and O–H groups in total. The van der Waals surface area contributed by atoms with Gasteiger partial charge < -0.3 is 25.6 Å². The number of rotatable bonds is 10. The largest absolute Gasteiger partial charge is 0.375 e. The second-order valence-corrected chi connectivity index (χ2v) is 10.7. The van der Waals surface area contributed by atoms with Gasteiger partial charge in [-0.1, -0.05) is 13.8 Å². The van der Waals surface area contributed by atoms with E-state index in [9.17, 15) is 14.4 Å². The van der Waals surface area contributed by atoms with Crippen LogP contribution in [0.5, 0.6) is 0 Å². The Balaban J connectivity index is 1.66. The summed E-state index contributed by atoms with van der Waals surface area (Å²) in [5.41, 5.74) is 5.80. The topological polar surface area (TPSA) is 105 Å². The second kappa shape index (κ2) is 12.2. The Labute approximate surface area is 198 Å². The molecule has 2 atom stereocenters. The van der Waals surface area contributed by atoms with Gasteiger partial charge in [0.2, 0.25) is 17.7 Å². The average molecular weight is 465 g/mol. The number of amides is 3. The molecule has 8 heteroatoms. The molecule has 188 valence electrons. The Morgan fingerprint density at radius 1 is 1.06 bits per heavy atom. The number of likely N-dealkylation sites (tertiary alicyclic amines) is 1. The molecular formula is C25H44N4O4. The molecular weight excluding hydrogens is 420 g/mol. The van der Waals surface area contributed by atoms with Crippen molar-refractivity contribution >= 4 is 17.7 Å². The van der Waals surface area contributed by atoms with Gasteiger partial charge in [-0.05, 0) is 75.7 Å². The zero-order chi connectivity index (χ0) is 24.0. The fraction of sp³-hybridized carbons (Fsp3) is 0.880. The molecule has 3 fully saturated rings. The summed E-state index contributed by atoms with van der Waals surface area (Å²) in [6.07, 6.45) is 7.53. The summed E-state index contributed by atoms with van der Waals surface area (Å²) in [5, 5.41) is 3.14. The predicted molar refractivity (Wildman–Crippen MR) is 127 cm³/mol. The number of methoxy groups -OCH3 is 1. The van der Waals surface area contributed by atoms with E-state index < -0.39 is 6.04 Å². The van der Waals surface area contributed by atoms with Crippen LogP contribution in [0.3, 0.4) is 0 Å². The Kier molecular flexibility index (Phi) is 9.56. The molecule has 3 rings (SSSR count). The molecule has 3 aliphatic rings. The van der Waals surface area contributed by atoms with Gasteiger partial charge in [-0.2, -0.15) is 0 Å². The summed E-state index contributed by atoms with van der Waals surface area (Å²) in [6.45, 7) is 6.76. The van der Waals surface area contributed by atoms with Gasteiger partial charge in [-0.15, -0.1) is 0 Å². The Morgan fingerprint density at radius 3 is 2.30 bits per heavy atom. The van der Waals surface area contributed by atoms with Crippen molar-refractivity contribution in [3.8, 4) is 0 Å². The zero-order valence-electron chi connectivity index (χ0n) is 20.8. The Morgan fingerprint density at radius 2 is 1.73 bits per heavy atom. The highest BCUT2D eigenvalue weighted by atomic mass is 16.5. The molecule has 0 aromatic carbocycles. The molecule has 8 nitrogen and oxygen atoms in total. The molecule has 0 spiro atoms. The summed E-state index contributed by atoms with van der Waals surface area (Å²) in [4.78, 5) is 42.7. The highest BCUT2D eigenvalue weighted by molar-refractivity contribution is 5.88. The van der Waals surface area contributed by atoms with Crippen LogP contribution >= 0.6 is 0 Å². The maximum Gasteiger partial charge on any atom is 0.249 e. The first-order chi connectivity index (χ1) is 15.8. The van der Waals surface area contributed by atoms with E-state index in [1.54, 1.807) is 4.90 Å². The van der Waals surface area contributed by atoms with Crippen molar-refractivity contribution in [3.63, 3.8) is 0 Å². The molecule has 0 bridgehead atoms. The molecule has 1 aliphatic heterocycles. The van der Waals surface area contributed by atoms with Crippen molar-refractivity contribution in [1.82, 2.24) is 15.1 Å². The minimum absolute atomic E-state index is 0.0113. The van der Waals surface area contributed by atoms with Gasteiger partial charge in [-0.3, -0.25) is 14.4 Å². The van der Waals surface area contributed by atoms with E-state index in [-0.39, 0.29) is 36.3 Å². The fourth-order valence-corrected chi connectivity index (χ4v) is 5.39. The summed E-state index contributed by atoms with van der Waals surface area (Å²) in [6, 6.07) is -0.573. The SMILES string of the molecule is COCC(=O)N1CCC(N(CC(C)C)C(=O)C2CC2)C[C@@H]1C(=O)NCC1CCC(CN)CC1. The average Bonchev–Trinajstić information content (AvgIpc) is 3.66. The number of nitrogens with one attached hydrogen (secondary N) is 1. The summed E-state index contributed by atoms with van der Waals surface area (Å²) >= 11 is 0. The van der Waals surface area contributed by atoms with Gasteiger partial charge in [0, 0.05) is 38.7 Å². The van der Waals surface area contributed by atoms with Crippen LogP contribution in [0.4, 0.5) is 0 Å². The highest BCUT2D eigenvalue weighted by Crippen LogP contribution is 2.34. The molecule has 1 heterocycles. The number of carbonyl (C=O) groups excluding carboxylic acids is 3. The van der Waals surface area contributed by atoms with E-state index in [1.807, 2.05) is 4.90 Å². The van der Waals surface area contributed by atoms with Crippen molar-refractivity contribution < 1.29 is 19.1 Å². The lowest BCUT2D eigenvalue weighted by Gasteiger charge is -2.43. The second-order valence-electron chi connectivity index (χ2n) is 10.7. The zero-order valence-corrected chi connectivity index (χ0v) is 20.8. The number of hydrogen-bond acceptors (Lipinski definition) is 5. The molecule has 1 saturated heterocycles. The van der Waals surface area contributed by atoms with Crippen LogP contribution in [0.2, 0.25) is 0 Å². The van der Waals surface area contributed by atoms with Crippen LogP contribution in [0.15, 0.2) is 0 Å². The van der Waals surface area contributed by atoms with E-state index >= 15 is 0 Å². The van der Waals surface area contributed by atoms with Gasteiger partial charge in [0.1, 0.15) is 12.6 Å². The van der Waals surface area contributed by atoms with Crippen LogP contribution in [0.25, 0.3) is 0 Å². The van der Waals surface area contributed by atoms with E-state index in [4.69, 9.17) is 10.5 Å². The number of nitrogens with two attached hydrogens (primary N) is 1. The molecule has 0 radical (unpaired) electrons. The molecule has 2 aliphatic carbocycles. The van der Waals surface area contributed by atoms with Crippen LogP contribution in [0.1, 0.15) is 65.2 Å². The minimum Gasteiger partial charge on any atom is -0.375 e. The lowest BCUT2D eigenvalue weighted by atomic mass is 9.82. The van der Waals surface area contributed by atoms with Crippen LogP contribution in [-0.4, -0.2) is 79.5 Å². The lowest BCUT2D eigenvalue weighted by molar-refractivity contribution is -0.148. The summed E-state index contributed by atoms with van der Waals surface area (Å²) in [5.74, 6) is 1.53. The van der Waals surface area contributed by atoms with Gasteiger partial charge in [0.25, 0.3) is 0 Å². The first kappa shape index (κ1) is 25.9. The van der Waals surface area contributed by atoms with Crippen LogP contribution in [0, 0.1) is 23.7 Å². The molecule has 0 aromatic heterocycles. The minimum atomic E-state index is -0.562.